The van der Waals surface area contributed by atoms with Gasteiger partial charge >= 0.3 is 17.9 Å². The van der Waals surface area contributed by atoms with Crippen LogP contribution in [0, 0.1) is 0 Å². The molecule has 0 spiro atoms. The van der Waals surface area contributed by atoms with Gasteiger partial charge in [0.1, 0.15) is 0 Å². The van der Waals surface area contributed by atoms with Gasteiger partial charge in [0.05, 0.1) is 25.1 Å². The molecule has 1 unspecified atom stereocenters. The number of carboxylic acid groups (broad SMARTS) is 3. The van der Waals surface area contributed by atoms with Crippen LogP contribution in [0.5, 0.6) is 0 Å². The Morgan fingerprint density at radius 2 is 1.59 bits per heavy atom. The summed E-state index contributed by atoms with van der Waals surface area (Å²) in [6, 6.07) is 0. The number of carboxylic acids is 3. The lowest BCUT2D eigenvalue weighted by atomic mass is 10.4. The van der Waals surface area contributed by atoms with Crippen LogP contribution in [0.3, 0.4) is 0 Å². The largest absolute Gasteiger partial charge is 0.480 e. The van der Waals surface area contributed by atoms with Gasteiger partial charge in [-0.2, -0.15) is 0 Å². The highest BCUT2D eigenvalue weighted by Crippen LogP contribution is 2.17. The third-order valence-corrected chi connectivity index (χ3v) is 2.20. The molecule has 0 saturated heterocycles. The Morgan fingerprint density at radius 1 is 1.12 bits per heavy atom. The highest BCUT2D eigenvalue weighted by Gasteiger charge is 2.31. The lowest BCUT2D eigenvalue weighted by Crippen LogP contribution is -2.44. The number of hydrogen-bond acceptors (Lipinski definition) is 8. The molecule has 10 nitrogen and oxygen atoms in total. The Balaban J connectivity index is 4.72. The minimum absolute atomic E-state index is 0.0492. The molecule has 0 aromatic rings. The Labute approximate surface area is 98.4 Å². The third-order valence-electron chi connectivity index (χ3n) is 1.38. The molecular formula is C6H9NO9S. The second-order valence-electron chi connectivity index (χ2n) is 2.62. The first-order valence-corrected chi connectivity index (χ1v) is 4.73. The average molecular weight is 271 g/mol. The summed E-state index contributed by atoms with van der Waals surface area (Å²) >= 11 is 0.0492. The molecular weight excluding hydrogens is 262 g/mol. The van der Waals surface area contributed by atoms with Crippen molar-refractivity contribution in [3.05, 3.63) is 0 Å². The van der Waals surface area contributed by atoms with E-state index in [1.807, 2.05) is 0 Å². The van der Waals surface area contributed by atoms with E-state index in [1.165, 1.54) is 0 Å². The summed E-state index contributed by atoms with van der Waals surface area (Å²) in [6.45, 7) is -1.66. The van der Waals surface area contributed by atoms with E-state index in [2.05, 4.69) is 9.37 Å². The molecule has 0 rings (SSSR count). The highest BCUT2D eigenvalue weighted by molar-refractivity contribution is 7.95. The molecule has 17 heavy (non-hydrogen) atoms. The van der Waals surface area contributed by atoms with Gasteiger partial charge in [0.2, 0.25) is 0 Å². The average Bonchev–Trinajstić information content (AvgIpc) is 2.15. The Bertz CT molecular complexity index is 279. The fraction of sp³-hybridized carbons (Fsp3) is 0.500. The van der Waals surface area contributed by atoms with Crippen LogP contribution in [0.25, 0.3) is 0 Å². The molecule has 0 radical (unpaired) electrons. The lowest BCUT2D eigenvalue weighted by Gasteiger charge is -2.22. The molecule has 0 heterocycles. The fourth-order valence-electron chi connectivity index (χ4n) is 0.882. The van der Waals surface area contributed by atoms with Gasteiger partial charge in [-0.3, -0.25) is 14.5 Å². The monoisotopic (exact) mass is 271 g/mol. The summed E-state index contributed by atoms with van der Waals surface area (Å²) in [7, 11) is 0. The van der Waals surface area contributed by atoms with Gasteiger partial charge in [-0.05, 0) is 0 Å². The van der Waals surface area contributed by atoms with Crippen LogP contribution in [0.4, 0.5) is 0 Å². The second kappa shape index (κ2) is 7.81. The fourth-order valence-corrected chi connectivity index (χ4v) is 1.34. The maximum absolute atomic E-state index is 10.7. The standard InChI is InChI=1S/C6H9NO9S/c8-3(9)1-7(2-4(10)11)5(6(12)13)17-16-15-14/h5,14H,1-2H2,(H,8,9)(H,10,11)(H,12,13). The molecule has 11 heteroatoms. The van der Waals surface area contributed by atoms with Gasteiger partial charge in [0, 0.05) is 0 Å². The molecule has 0 fully saturated rings. The molecule has 4 N–H and O–H groups in total. The van der Waals surface area contributed by atoms with Crippen molar-refractivity contribution < 1.29 is 44.3 Å². The van der Waals surface area contributed by atoms with Gasteiger partial charge in [-0.25, -0.2) is 10.1 Å². The Morgan fingerprint density at radius 3 is 1.88 bits per heavy atom. The van der Waals surface area contributed by atoms with Crippen LogP contribution < -0.4 is 0 Å². The van der Waals surface area contributed by atoms with E-state index < -0.39 is 36.4 Å². The van der Waals surface area contributed by atoms with Crippen molar-refractivity contribution in [2.24, 2.45) is 0 Å². The molecule has 0 aromatic carbocycles. The third kappa shape index (κ3) is 6.70. The van der Waals surface area contributed by atoms with Crippen LogP contribution in [0.1, 0.15) is 0 Å². The molecule has 0 aliphatic heterocycles. The van der Waals surface area contributed by atoms with E-state index in [0.29, 0.717) is 4.90 Å². The summed E-state index contributed by atoms with van der Waals surface area (Å²) in [5.74, 6) is -4.37. The number of aliphatic carboxylic acids is 3. The van der Waals surface area contributed by atoms with Crippen LogP contribution in [-0.2, 0) is 23.8 Å². The van der Waals surface area contributed by atoms with Crippen LogP contribution in [0.15, 0.2) is 0 Å². The minimum atomic E-state index is -1.66. The second-order valence-corrected chi connectivity index (χ2v) is 3.40. The first-order valence-electron chi connectivity index (χ1n) is 3.92. The number of hydrogen-bond donors (Lipinski definition) is 4. The van der Waals surface area contributed by atoms with Crippen LogP contribution >= 0.6 is 12.0 Å². The molecule has 0 aliphatic rings. The van der Waals surface area contributed by atoms with Crippen LogP contribution in [0.2, 0.25) is 0 Å². The minimum Gasteiger partial charge on any atom is -0.480 e. The first kappa shape index (κ1) is 15.6. The summed E-state index contributed by atoms with van der Waals surface area (Å²) in [6.07, 6.45) is 0. The van der Waals surface area contributed by atoms with Crippen molar-refractivity contribution in [3.8, 4) is 0 Å². The maximum Gasteiger partial charge on any atom is 0.334 e. The van der Waals surface area contributed by atoms with Gasteiger partial charge in [0.25, 0.3) is 0 Å². The molecule has 0 aliphatic carbocycles. The van der Waals surface area contributed by atoms with Crippen LogP contribution in [-0.4, -0.2) is 61.8 Å². The Kier molecular flexibility index (Phi) is 7.16. The van der Waals surface area contributed by atoms with E-state index in [4.69, 9.17) is 20.6 Å². The van der Waals surface area contributed by atoms with Crippen molar-refractivity contribution in [3.63, 3.8) is 0 Å². The summed E-state index contributed by atoms with van der Waals surface area (Å²) in [4.78, 5) is 32.2. The lowest BCUT2D eigenvalue weighted by molar-refractivity contribution is -0.432. The zero-order valence-electron chi connectivity index (χ0n) is 8.18. The molecule has 0 amide bonds. The summed E-state index contributed by atoms with van der Waals surface area (Å²) in [5, 5.41) is 35.1. The quantitative estimate of drug-likeness (QED) is 0.175. The van der Waals surface area contributed by atoms with Gasteiger partial charge in [-0.15, -0.1) is 4.33 Å². The zero-order chi connectivity index (χ0) is 13.4. The molecule has 0 aromatic heterocycles. The van der Waals surface area contributed by atoms with Gasteiger partial charge in [0.15, 0.2) is 5.37 Å². The van der Waals surface area contributed by atoms with Gasteiger partial charge < -0.3 is 15.3 Å². The normalized spacial score (nSPS) is 12.4. The van der Waals surface area contributed by atoms with E-state index in [0.717, 1.165) is 0 Å². The number of rotatable bonds is 9. The van der Waals surface area contributed by atoms with Gasteiger partial charge in [-0.1, -0.05) is 5.04 Å². The van der Waals surface area contributed by atoms with Crippen molar-refractivity contribution in [2.45, 2.75) is 5.37 Å². The molecule has 0 saturated carbocycles. The van der Waals surface area contributed by atoms with Crippen molar-refractivity contribution in [1.29, 1.82) is 0 Å². The predicted octanol–water partition coefficient (Wildman–Crippen LogP) is -1.06. The van der Waals surface area contributed by atoms with Crippen molar-refractivity contribution in [1.82, 2.24) is 4.90 Å². The van der Waals surface area contributed by atoms with E-state index in [9.17, 15) is 14.4 Å². The van der Waals surface area contributed by atoms with E-state index in [-0.39, 0.29) is 12.0 Å². The van der Waals surface area contributed by atoms with Crippen molar-refractivity contribution >= 4 is 30.0 Å². The van der Waals surface area contributed by atoms with Crippen molar-refractivity contribution in [2.75, 3.05) is 13.1 Å². The SMILES string of the molecule is O=C(O)CN(CC(=O)O)C(SOOO)C(=O)O. The van der Waals surface area contributed by atoms with E-state index in [1.54, 1.807) is 0 Å². The number of carbonyl (C=O) groups is 3. The predicted molar refractivity (Wildman–Crippen MR) is 50.7 cm³/mol. The molecule has 1 atom stereocenters. The first-order chi connectivity index (χ1) is 7.88. The summed E-state index contributed by atoms with van der Waals surface area (Å²) < 4.78 is 3.86. The number of nitrogens with zero attached hydrogens (tertiary/aromatic N) is 1. The highest BCUT2D eigenvalue weighted by atomic mass is 32.2. The Hall–Kier alpha value is -1.40. The molecule has 0 bridgehead atoms. The van der Waals surface area contributed by atoms with E-state index >= 15 is 0 Å². The maximum atomic E-state index is 10.7. The summed E-state index contributed by atoms with van der Waals surface area (Å²) in [5.41, 5.74) is 0. The zero-order valence-corrected chi connectivity index (χ0v) is 8.99. The topological polar surface area (TPSA) is 154 Å². The smallest absolute Gasteiger partial charge is 0.334 e. The molecule has 98 valence electrons.